The number of benzene rings is 1. The molecular formula is C12H16O3. The molecule has 0 fully saturated rings. The zero-order chi connectivity index (χ0) is 11.4. The molecule has 3 heteroatoms. The van der Waals surface area contributed by atoms with Gasteiger partial charge < -0.3 is 9.84 Å². The van der Waals surface area contributed by atoms with E-state index in [4.69, 9.17) is 9.84 Å². The largest absolute Gasteiger partial charge is 0.479 e. The van der Waals surface area contributed by atoms with Crippen molar-refractivity contribution in [2.75, 3.05) is 0 Å². The third kappa shape index (κ3) is 3.06. The van der Waals surface area contributed by atoms with Crippen LogP contribution in [0, 0.1) is 13.8 Å². The van der Waals surface area contributed by atoms with Crippen molar-refractivity contribution in [2.24, 2.45) is 0 Å². The van der Waals surface area contributed by atoms with Crippen LogP contribution in [-0.2, 0) is 16.1 Å². The van der Waals surface area contributed by atoms with E-state index in [0.29, 0.717) is 6.61 Å². The SMILES string of the molecule is Cc1cccc(C)c1CO[C@H](C)C(=O)O. The monoisotopic (exact) mass is 208 g/mol. The first kappa shape index (κ1) is 11.7. The maximum Gasteiger partial charge on any atom is 0.332 e. The summed E-state index contributed by atoms with van der Waals surface area (Å²) in [7, 11) is 0. The molecule has 3 nitrogen and oxygen atoms in total. The molecule has 1 atom stereocenters. The summed E-state index contributed by atoms with van der Waals surface area (Å²) in [6.07, 6.45) is -0.760. The highest BCUT2D eigenvalue weighted by Crippen LogP contribution is 2.15. The van der Waals surface area contributed by atoms with E-state index in [-0.39, 0.29) is 0 Å². The van der Waals surface area contributed by atoms with E-state index >= 15 is 0 Å². The average Bonchev–Trinajstić information content (AvgIpc) is 2.16. The molecule has 0 heterocycles. The molecule has 0 saturated heterocycles. The topological polar surface area (TPSA) is 46.5 Å². The van der Waals surface area contributed by atoms with Crippen LogP contribution in [0.2, 0.25) is 0 Å². The lowest BCUT2D eigenvalue weighted by Crippen LogP contribution is -2.20. The highest BCUT2D eigenvalue weighted by Gasteiger charge is 2.12. The van der Waals surface area contributed by atoms with Crippen LogP contribution in [0.3, 0.4) is 0 Å². The molecule has 0 aliphatic heterocycles. The number of carbonyl (C=O) groups is 1. The normalized spacial score (nSPS) is 12.5. The van der Waals surface area contributed by atoms with Crippen LogP contribution in [0.15, 0.2) is 18.2 Å². The highest BCUT2D eigenvalue weighted by molar-refractivity contribution is 5.71. The summed E-state index contributed by atoms with van der Waals surface area (Å²) >= 11 is 0. The Morgan fingerprint density at radius 3 is 2.40 bits per heavy atom. The van der Waals surface area contributed by atoms with Crippen LogP contribution >= 0.6 is 0 Å². The zero-order valence-corrected chi connectivity index (χ0v) is 9.28. The molecule has 0 amide bonds. The molecule has 0 aromatic heterocycles. The molecule has 0 unspecified atom stereocenters. The first-order valence-electron chi connectivity index (χ1n) is 4.92. The Kier molecular flexibility index (Phi) is 3.86. The van der Waals surface area contributed by atoms with Crippen molar-refractivity contribution in [2.45, 2.75) is 33.5 Å². The number of hydrogen-bond donors (Lipinski definition) is 1. The summed E-state index contributed by atoms with van der Waals surface area (Å²) in [5, 5.41) is 8.67. The van der Waals surface area contributed by atoms with Gasteiger partial charge in [-0.25, -0.2) is 4.79 Å². The predicted molar refractivity (Wildman–Crippen MR) is 57.8 cm³/mol. The summed E-state index contributed by atoms with van der Waals surface area (Å²) in [6.45, 7) is 5.89. The number of ether oxygens (including phenoxy) is 1. The molecule has 0 aliphatic carbocycles. The smallest absolute Gasteiger partial charge is 0.332 e. The first-order chi connectivity index (χ1) is 7.02. The number of carboxylic acids is 1. The van der Waals surface area contributed by atoms with Crippen LogP contribution in [-0.4, -0.2) is 17.2 Å². The van der Waals surface area contributed by atoms with Gasteiger partial charge >= 0.3 is 5.97 Å². The zero-order valence-electron chi connectivity index (χ0n) is 9.28. The van der Waals surface area contributed by atoms with Gasteiger partial charge in [-0.1, -0.05) is 18.2 Å². The average molecular weight is 208 g/mol. The summed E-state index contributed by atoms with van der Waals surface area (Å²) < 4.78 is 5.25. The van der Waals surface area contributed by atoms with Gasteiger partial charge in [-0.2, -0.15) is 0 Å². The van der Waals surface area contributed by atoms with Crippen molar-refractivity contribution >= 4 is 5.97 Å². The molecule has 0 saturated carbocycles. The summed E-state index contributed by atoms with van der Waals surface area (Å²) in [6, 6.07) is 5.98. The minimum absolute atomic E-state index is 0.353. The highest BCUT2D eigenvalue weighted by atomic mass is 16.5. The van der Waals surface area contributed by atoms with Gasteiger partial charge in [0.2, 0.25) is 0 Å². The fourth-order valence-electron chi connectivity index (χ4n) is 1.36. The molecule has 1 aromatic rings. The predicted octanol–water partition coefficient (Wildman–Crippen LogP) is 2.29. The summed E-state index contributed by atoms with van der Waals surface area (Å²) in [5.41, 5.74) is 3.34. The Bertz CT molecular complexity index is 338. The van der Waals surface area contributed by atoms with E-state index < -0.39 is 12.1 Å². The summed E-state index contributed by atoms with van der Waals surface area (Å²) in [4.78, 5) is 10.6. The van der Waals surface area contributed by atoms with Crippen LogP contribution in [0.5, 0.6) is 0 Å². The van der Waals surface area contributed by atoms with E-state index in [2.05, 4.69) is 0 Å². The third-order valence-corrected chi connectivity index (χ3v) is 2.47. The second kappa shape index (κ2) is 4.94. The lowest BCUT2D eigenvalue weighted by atomic mass is 10.0. The van der Waals surface area contributed by atoms with E-state index in [1.54, 1.807) is 0 Å². The Morgan fingerprint density at radius 1 is 1.40 bits per heavy atom. The molecule has 0 radical (unpaired) electrons. The van der Waals surface area contributed by atoms with Gasteiger partial charge in [0.15, 0.2) is 6.10 Å². The standard InChI is InChI=1S/C12H16O3/c1-8-5-4-6-9(2)11(8)7-15-10(3)12(13)14/h4-6,10H,7H2,1-3H3,(H,13,14)/t10-/m1/s1. The second-order valence-electron chi connectivity index (χ2n) is 3.66. The number of hydrogen-bond acceptors (Lipinski definition) is 2. The molecule has 0 spiro atoms. The summed E-state index contributed by atoms with van der Waals surface area (Å²) in [5.74, 6) is -0.929. The lowest BCUT2D eigenvalue weighted by Gasteiger charge is -2.12. The van der Waals surface area contributed by atoms with E-state index in [0.717, 1.165) is 16.7 Å². The molecule has 1 N–H and O–H groups in total. The maximum atomic E-state index is 10.6. The molecule has 0 aliphatic rings. The van der Waals surface area contributed by atoms with Crippen molar-refractivity contribution in [3.05, 3.63) is 34.9 Å². The molecule has 1 rings (SSSR count). The molecule has 0 bridgehead atoms. The van der Waals surface area contributed by atoms with Crippen LogP contribution in [0.1, 0.15) is 23.6 Å². The molecule has 1 aromatic carbocycles. The Morgan fingerprint density at radius 2 is 1.93 bits per heavy atom. The van der Waals surface area contributed by atoms with Crippen LogP contribution < -0.4 is 0 Å². The minimum atomic E-state index is -0.929. The van der Waals surface area contributed by atoms with E-state index in [1.807, 2.05) is 32.0 Å². The van der Waals surface area contributed by atoms with Crippen LogP contribution in [0.25, 0.3) is 0 Å². The molecular weight excluding hydrogens is 192 g/mol. The third-order valence-electron chi connectivity index (χ3n) is 2.47. The van der Waals surface area contributed by atoms with Gasteiger partial charge in [-0.05, 0) is 37.5 Å². The fraction of sp³-hybridized carbons (Fsp3) is 0.417. The number of rotatable bonds is 4. The maximum absolute atomic E-state index is 10.6. The Balaban J connectivity index is 2.69. The van der Waals surface area contributed by atoms with Gasteiger partial charge in [-0.15, -0.1) is 0 Å². The first-order valence-corrected chi connectivity index (χ1v) is 4.92. The second-order valence-corrected chi connectivity index (χ2v) is 3.66. The van der Waals surface area contributed by atoms with E-state index in [1.165, 1.54) is 6.92 Å². The molecule has 15 heavy (non-hydrogen) atoms. The van der Waals surface area contributed by atoms with Crippen molar-refractivity contribution in [1.82, 2.24) is 0 Å². The number of carboxylic acid groups (broad SMARTS) is 1. The Hall–Kier alpha value is -1.35. The molecule has 82 valence electrons. The van der Waals surface area contributed by atoms with Crippen molar-refractivity contribution in [1.29, 1.82) is 0 Å². The number of aliphatic carboxylic acids is 1. The van der Waals surface area contributed by atoms with Gasteiger partial charge in [0, 0.05) is 0 Å². The van der Waals surface area contributed by atoms with Crippen molar-refractivity contribution < 1.29 is 14.6 Å². The fourth-order valence-corrected chi connectivity index (χ4v) is 1.36. The lowest BCUT2D eigenvalue weighted by molar-refractivity contribution is -0.149. The Labute approximate surface area is 89.7 Å². The van der Waals surface area contributed by atoms with Gasteiger partial charge in [0.1, 0.15) is 0 Å². The minimum Gasteiger partial charge on any atom is -0.479 e. The number of aryl methyl sites for hydroxylation is 2. The van der Waals surface area contributed by atoms with E-state index in [9.17, 15) is 4.79 Å². The van der Waals surface area contributed by atoms with Crippen molar-refractivity contribution in [3.8, 4) is 0 Å². The van der Waals surface area contributed by atoms with Gasteiger partial charge in [0.25, 0.3) is 0 Å². The van der Waals surface area contributed by atoms with Crippen LogP contribution in [0.4, 0.5) is 0 Å². The van der Waals surface area contributed by atoms with Gasteiger partial charge in [-0.3, -0.25) is 0 Å². The quantitative estimate of drug-likeness (QED) is 0.825. The van der Waals surface area contributed by atoms with Gasteiger partial charge in [0.05, 0.1) is 6.61 Å². The van der Waals surface area contributed by atoms with Crippen molar-refractivity contribution in [3.63, 3.8) is 0 Å².